The van der Waals surface area contributed by atoms with E-state index in [4.69, 9.17) is 4.74 Å². The van der Waals surface area contributed by atoms with Gasteiger partial charge in [-0.15, -0.1) is 0 Å². The maximum atomic E-state index is 13.3. The second-order valence-electron chi connectivity index (χ2n) is 8.97. The average molecular weight is 515 g/mol. The molecule has 1 amide bonds. The molecule has 188 valence electrons. The van der Waals surface area contributed by atoms with Crippen molar-refractivity contribution in [1.82, 2.24) is 9.97 Å². The molecule has 5 rings (SSSR count). The van der Waals surface area contributed by atoms with Crippen molar-refractivity contribution >= 4 is 27.6 Å². The van der Waals surface area contributed by atoms with Crippen LogP contribution in [0.25, 0.3) is 11.3 Å². The first-order valence-corrected chi connectivity index (χ1v) is 13.4. The van der Waals surface area contributed by atoms with Crippen LogP contribution in [0.15, 0.2) is 77.7 Å². The summed E-state index contributed by atoms with van der Waals surface area (Å²) in [5.74, 6) is 0.452. The minimum absolute atomic E-state index is 0.0233. The van der Waals surface area contributed by atoms with Gasteiger partial charge in [-0.25, -0.2) is 18.1 Å². The summed E-state index contributed by atoms with van der Waals surface area (Å²) in [6.45, 7) is 3.94. The zero-order valence-electron chi connectivity index (χ0n) is 20.5. The number of nitrogens with zero attached hydrogens (tertiary/aromatic N) is 2. The molecule has 9 heteroatoms. The predicted octanol–water partition coefficient (Wildman–Crippen LogP) is 5.63. The van der Waals surface area contributed by atoms with Gasteiger partial charge in [-0.05, 0) is 73.7 Å². The Morgan fingerprint density at radius 2 is 1.62 bits per heavy atom. The van der Waals surface area contributed by atoms with Gasteiger partial charge in [0.15, 0.2) is 0 Å². The van der Waals surface area contributed by atoms with E-state index in [0.29, 0.717) is 36.4 Å². The summed E-state index contributed by atoms with van der Waals surface area (Å²) in [7, 11) is -4.06. The molecule has 1 aliphatic heterocycles. The normalized spacial score (nSPS) is 15.0. The monoisotopic (exact) mass is 514 g/mol. The molecule has 0 saturated carbocycles. The molecule has 0 aliphatic carbocycles. The van der Waals surface area contributed by atoms with Gasteiger partial charge in [0, 0.05) is 23.7 Å². The number of carbonyl (C=O) groups is 1. The van der Waals surface area contributed by atoms with Gasteiger partial charge in [-0.2, -0.15) is 4.98 Å². The van der Waals surface area contributed by atoms with Crippen LogP contribution in [-0.2, 0) is 21.2 Å². The number of aromatic nitrogens is 2. The summed E-state index contributed by atoms with van der Waals surface area (Å²) >= 11 is 0. The lowest BCUT2D eigenvalue weighted by atomic mass is 10.00. The number of ether oxygens (including phenoxy) is 1. The molecule has 0 atom stereocenters. The zero-order chi connectivity index (χ0) is 26.0. The Hall–Kier alpha value is -4.24. The van der Waals surface area contributed by atoms with Crippen LogP contribution >= 0.6 is 0 Å². The second kappa shape index (κ2) is 10.0. The van der Waals surface area contributed by atoms with Crippen LogP contribution < -0.4 is 14.8 Å². The van der Waals surface area contributed by atoms with Gasteiger partial charge in [0.05, 0.1) is 10.6 Å². The van der Waals surface area contributed by atoms with E-state index in [9.17, 15) is 13.2 Å². The highest BCUT2D eigenvalue weighted by atomic mass is 32.2. The van der Waals surface area contributed by atoms with Crippen molar-refractivity contribution in [2.75, 3.05) is 10.0 Å². The van der Waals surface area contributed by atoms with Crippen molar-refractivity contribution in [1.29, 1.82) is 0 Å². The maximum absolute atomic E-state index is 13.3. The van der Waals surface area contributed by atoms with Crippen LogP contribution in [0.3, 0.4) is 0 Å². The first kappa shape index (κ1) is 24.5. The summed E-state index contributed by atoms with van der Waals surface area (Å²) in [4.78, 5) is 21.3. The van der Waals surface area contributed by atoms with Gasteiger partial charge in [0.1, 0.15) is 5.75 Å². The maximum Gasteiger partial charge on any atom is 0.264 e. The highest BCUT2D eigenvalue weighted by Gasteiger charge is 2.20. The van der Waals surface area contributed by atoms with Crippen LogP contribution in [0.1, 0.15) is 29.5 Å². The SMILES string of the molecule is Cc1cccc(C)c1-c1cc2nc(n1)NS(=O)(=O)c1cccc(c1)NC(=O)CCCc1cccc(c1)O2. The van der Waals surface area contributed by atoms with Crippen LogP contribution in [-0.4, -0.2) is 24.3 Å². The Morgan fingerprint density at radius 3 is 2.43 bits per heavy atom. The number of hydrogen-bond donors (Lipinski definition) is 2. The summed E-state index contributed by atoms with van der Waals surface area (Å²) in [6, 6.07) is 21.2. The molecule has 2 N–H and O–H groups in total. The van der Waals surface area contributed by atoms with Crippen molar-refractivity contribution in [2.24, 2.45) is 0 Å². The van der Waals surface area contributed by atoms with Gasteiger partial charge in [-0.1, -0.05) is 36.4 Å². The number of hydrogen-bond acceptors (Lipinski definition) is 6. The number of nitrogens with one attached hydrogen (secondary N) is 2. The Kier molecular flexibility index (Phi) is 6.62. The van der Waals surface area contributed by atoms with Gasteiger partial charge >= 0.3 is 0 Å². The number of carbonyl (C=O) groups excluding carboxylic acids is 1. The Bertz CT molecular complexity index is 1580. The molecule has 0 fully saturated rings. The molecular formula is C28H26N4O4S. The predicted molar refractivity (Wildman–Crippen MR) is 142 cm³/mol. The van der Waals surface area contributed by atoms with E-state index in [0.717, 1.165) is 22.3 Å². The van der Waals surface area contributed by atoms with Crippen LogP contribution in [0.2, 0.25) is 0 Å². The minimum atomic E-state index is -4.06. The Labute approximate surface area is 215 Å². The number of anilines is 2. The molecule has 6 bridgehead atoms. The highest BCUT2D eigenvalue weighted by Crippen LogP contribution is 2.31. The summed E-state index contributed by atoms with van der Waals surface area (Å²) in [6.07, 6.45) is 1.61. The molecule has 0 radical (unpaired) electrons. The molecule has 1 aromatic heterocycles. The number of sulfonamides is 1. The molecule has 8 nitrogen and oxygen atoms in total. The smallest absolute Gasteiger partial charge is 0.264 e. The van der Waals surface area contributed by atoms with E-state index >= 15 is 0 Å². The number of amides is 1. The molecule has 4 aromatic rings. The Morgan fingerprint density at radius 1 is 0.865 bits per heavy atom. The zero-order valence-corrected chi connectivity index (χ0v) is 21.3. The van der Waals surface area contributed by atoms with E-state index < -0.39 is 10.0 Å². The van der Waals surface area contributed by atoms with E-state index in [2.05, 4.69) is 20.0 Å². The second-order valence-corrected chi connectivity index (χ2v) is 10.6. The van der Waals surface area contributed by atoms with Crippen molar-refractivity contribution in [3.8, 4) is 22.9 Å². The number of benzene rings is 3. The summed E-state index contributed by atoms with van der Waals surface area (Å²) < 4.78 is 35.1. The molecule has 0 spiro atoms. The van der Waals surface area contributed by atoms with Gasteiger partial charge in [0.2, 0.25) is 17.7 Å². The van der Waals surface area contributed by atoms with Gasteiger partial charge in [0.25, 0.3) is 10.0 Å². The van der Waals surface area contributed by atoms with Crippen LogP contribution in [0.4, 0.5) is 11.6 Å². The van der Waals surface area contributed by atoms with Crippen molar-refractivity contribution in [3.63, 3.8) is 0 Å². The molecule has 1 aliphatic rings. The quantitative estimate of drug-likeness (QED) is 0.341. The largest absolute Gasteiger partial charge is 0.439 e. The lowest BCUT2D eigenvalue weighted by Crippen LogP contribution is -2.16. The molecule has 3 aromatic carbocycles. The van der Waals surface area contributed by atoms with E-state index in [1.54, 1.807) is 24.3 Å². The lowest BCUT2D eigenvalue weighted by molar-refractivity contribution is -0.116. The van der Waals surface area contributed by atoms with Gasteiger partial charge in [-0.3, -0.25) is 4.79 Å². The third-order valence-electron chi connectivity index (χ3n) is 6.08. The topological polar surface area (TPSA) is 110 Å². The highest BCUT2D eigenvalue weighted by molar-refractivity contribution is 7.92. The van der Waals surface area contributed by atoms with E-state index in [1.807, 2.05) is 50.2 Å². The third kappa shape index (κ3) is 5.62. The minimum Gasteiger partial charge on any atom is -0.439 e. The fourth-order valence-corrected chi connectivity index (χ4v) is 5.34. The lowest BCUT2D eigenvalue weighted by Gasteiger charge is -2.14. The number of aryl methyl sites for hydroxylation is 3. The van der Waals surface area contributed by atoms with E-state index in [1.165, 1.54) is 12.1 Å². The van der Waals surface area contributed by atoms with Crippen LogP contribution in [0.5, 0.6) is 11.6 Å². The standard InChI is InChI=1S/C28H26N4O4S/c1-18-7-3-8-19(2)27(18)24-17-26-31-28(30-24)32-37(34,35)23-13-6-11-21(16-23)29-25(33)14-5-10-20-9-4-12-22(15-20)36-26/h3-4,6-9,11-13,15-17H,5,10,14H2,1-2H3,(H,29,33)(H,30,31,32). The summed E-state index contributed by atoms with van der Waals surface area (Å²) in [5, 5.41) is 2.78. The molecule has 37 heavy (non-hydrogen) atoms. The molecule has 0 saturated heterocycles. The van der Waals surface area contributed by atoms with Crippen molar-refractivity contribution in [3.05, 3.63) is 89.5 Å². The molecule has 2 heterocycles. The van der Waals surface area contributed by atoms with Crippen LogP contribution in [0, 0.1) is 13.8 Å². The Balaban J connectivity index is 1.65. The number of rotatable bonds is 1. The van der Waals surface area contributed by atoms with E-state index in [-0.39, 0.29) is 22.6 Å². The summed E-state index contributed by atoms with van der Waals surface area (Å²) in [5.41, 5.74) is 4.80. The third-order valence-corrected chi connectivity index (χ3v) is 7.41. The average Bonchev–Trinajstić information content (AvgIpc) is 2.83. The fourth-order valence-electron chi connectivity index (χ4n) is 4.35. The van der Waals surface area contributed by atoms with Crippen molar-refractivity contribution in [2.45, 2.75) is 38.0 Å². The number of fused-ring (bicyclic) bond motifs is 6. The first-order valence-electron chi connectivity index (χ1n) is 11.9. The van der Waals surface area contributed by atoms with Gasteiger partial charge < -0.3 is 10.1 Å². The molecule has 0 unspecified atom stereocenters. The fraction of sp³-hybridized carbons (Fsp3) is 0.179. The molecular weight excluding hydrogens is 488 g/mol. The van der Waals surface area contributed by atoms with Crippen molar-refractivity contribution < 1.29 is 17.9 Å². The first-order chi connectivity index (χ1) is 17.8.